The van der Waals surface area contributed by atoms with Crippen molar-refractivity contribution in [3.63, 3.8) is 0 Å². The molecule has 3 nitrogen and oxygen atoms in total. The molecule has 0 amide bonds. The Morgan fingerprint density at radius 2 is 1.39 bits per heavy atom. The average Bonchev–Trinajstić information content (AvgIpc) is 3.27. The van der Waals surface area contributed by atoms with Crippen molar-refractivity contribution >= 4 is 38.1 Å². The quantitative estimate of drug-likeness (QED) is 0.0732. The largest absolute Gasteiger partial charge is 0.512 e. The first-order chi connectivity index (χ1) is 23.6. The van der Waals surface area contributed by atoms with E-state index in [1.807, 2.05) is 33.9 Å². The second-order valence-corrected chi connectivity index (χ2v) is 16.7. The number of pyridine rings is 1. The van der Waals surface area contributed by atoms with Gasteiger partial charge in [0.05, 0.1) is 5.76 Å². The van der Waals surface area contributed by atoms with Crippen LogP contribution in [0.1, 0.15) is 125 Å². The molecule has 0 atom stereocenters. The average molecular weight is 861 g/mol. The fraction of sp³-hybridized carbons (Fsp3) is 0.447. The number of aliphatic hydroxyl groups excluding tert-OH is 1. The number of carbonyl (C=O) groups is 1. The number of carbonyl (C=O) groups excluding carboxylic acids is 1. The molecule has 4 heteroatoms. The molecule has 0 bridgehead atoms. The summed E-state index contributed by atoms with van der Waals surface area (Å²) in [6.07, 6.45) is 8.05. The Balaban J connectivity index is 0.000000312. The Hall–Kier alpha value is -3.33. The summed E-state index contributed by atoms with van der Waals surface area (Å²) in [5, 5.41) is 17.4. The Kier molecular flexibility index (Phi) is 12.5. The molecule has 0 saturated carbocycles. The van der Waals surface area contributed by atoms with Gasteiger partial charge in [0.15, 0.2) is 5.78 Å². The van der Waals surface area contributed by atoms with Crippen LogP contribution in [0, 0.1) is 17.9 Å². The van der Waals surface area contributed by atoms with Crippen LogP contribution in [0.5, 0.6) is 0 Å². The van der Waals surface area contributed by atoms with Crippen molar-refractivity contribution < 1.29 is 30.0 Å². The van der Waals surface area contributed by atoms with Crippen LogP contribution in [-0.2, 0) is 41.1 Å². The Labute approximate surface area is 320 Å². The molecule has 1 N–H and O–H groups in total. The van der Waals surface area contributed by atoms with Crippen molar-refractivity contribution in [3.8, 4) is 11.3 Å². The molecular weight excluding hydrogens is 803 g/mol. The standard InChI is InChI=1S/C34H34N.C13H24O2.Ir/c1-32(2,3)29-19-22(18-21-10-8-9-11-23(21)29)31-27-13-12-26-24(25(27)16-17-35-31)14-15-28-30(26)34(6,7)20-33(28,4)5;1-5-10(6-2)12(14)9-13(15)11(7-3)8-4;/h8-17,19H,20H2,1-7H3;9-11,14H,5-8H2,1-4H3;/q-1;;/b;12-9-;. The van der Waals surface area contributed by atoms with Gasteiger partial charge in [-0.2, -0.15) is 0 Å². The summed E-state index contributed by atoms with van der Waals surface area (Å²) >= 11 is 0. The third-order valence-electron chi connectivity index (χ3n) is 11.2. The molecule has 1 aliphatic rings. The third-order valence-corrected chi connectivity index (χ3v) is 11.2. The molecule has 0 unspecified atom stereocenters. The smallest absolute Gasteiger partial charge is 0.162 e. The van der Waals surface area contributed by atoms with Gasteiger partial charge in [0.25, 0.3) is 0 Å². The minimum atomic E-state index is 0. The third kappa shape index (κ3) is 8.03. The molecule has 51 heavy (non-hydrogen) atoms. The summed E-state index contributed by atoms with van der Waals surface area (Å²) in [5.41, 5.74) is 6.84. The van der Waals surface area contributed by atoms with Crippen molar-refractivity contribution in [3.05, 3.63) is 101 Å². The van der Waals surface area contributed by atoms with Gasteiger partial charge < -0.3 is 5.11 Å². The molecule has 0 spiro atoms. The van der Waals surface area contributed by atoms with Crippen LogP contribution in [0.3, 0.4) is 0 Å². The molecule has 0 aliphatic heterocycles. The number of rotatable bonds is 8. The molecule has 273 valence electrons. The van der Waals surface area contributed by atoms with Crippen LogP contribution >= 0.6 is 0 Å². The van der Waals surface area contributed by atoms with E-state index in [1.54, 1.807) is 0 Å². The van der Waals surface area contributed by atoms with Crippen LogP contribution in [0.25, 0.3) is 43.6 Å². The topological polar surface area (TPSA) is 50.2 Å². The van der Waals surface area contributed by atoms with Gasteiger partial charge in [0.1, 0.15) is 0 Å². The summed E-state index contributed by atoms with van der Waals surface area (Å²) in [6, 6.07) is 26.2. The summed E-state index contributed by atoms with van der Waals surface area (Å²) in [5.74, 6) is 0.547. The fourth-order valence-electron chi connectivity index (χ4n) is 8.62. The van der Waals surface area contributed by atoms with E-state index < -0.39 is 0 Å². The number of benzene rings is 4. The first kappa shape index (κ1) is 40.4. The number of nitrogens with zero attached hydrogens (tertiary/aromatic N) is 1. The summed E-state index contributed by atoms with van der Waals surface area (Å²) < 4.78 is 0. The molecule has 5 aromatic rings. The van der Waals surface area contributed by atoms with Crippen molar-refractivity contribution in [1.29, 1.82) is 0 Å². The number of aromatic nitrogens is 1. The SMILES string of the molecule is CC(C)(C)c1cc(-c2nccc3c2ccc2c4c(ccc23)C(C)(C)CC4(C)C)[c-]c2ccccc12.CCC(CC)C(=O)/C=C(\O)C(CC)CC.[Ir]. The zero-order valence-electron chi connectivity index (χ0n) is 32.8. The van der Waals surface area contributed by atoms with Gasteiger partial charge >= 0.3 is 0 Å². The van der Waals surface area contributed by atoms with Crippen LogP contribution in [0.15, 0.2) is 78.7 Å². The van der Waals surface area contributed by atoms with E-state index >= 15 is 0 Å². The Morgan fingerprint density at radius 1 is 0.804 bits per heavy atom. The van der Waals surface area contributed by atoms with Crippen LogP contribution in [0.4, 0.5) is 0 Å². The zero-order valence-corrected chi connectivity index (χ0v) is 35.1. The predicted octanol–water partition coefficient (Wildman–Crippen LogP) is 13.1. The maximum Gasteiger partial charge on any atom is 0.162 e. The minimum Gasteiger partial charge on any atom is -0.512 e. The molecular formula is C47H58IrNO2-. The monoisotopic (exact) mass is 861 g/mol. The first-order valence-electron chi connectivity index (χ1n) is 18.8. The number of hydrogen-bond donors (Lipinski definition) is 1. The first-order valence-corrected chi connectivity index (χ1v) is 18.8. The summed E-state index contributed by atoms with van der Waals surface area (Å²) in [4.78, 5) is 16.6. The van der Waals surface area contributed by atoms with Crippen LogP contribution in [0.2, 0.25) is 0 Å². The molecule has 0 fully saturated rings. The molecule has 1 aliphatic carbocycles. The van der Waals surface area contributed by atoms with E-state index in [4.69, 9.17) is 4.98 Å². The molecule has 0 saturated heterocycles. The minimum absolute atomic E-state index is 0. The number of allylic oxidation sites excluding steroid dienone is 2. The van der Waals surface area contributed by atoms with Gasteiger partial charge in [-0.15, -0.1) is 29.1 Å². The van der Waals surface area contributed by atoms with Crippen molar-refractivity contribution in [1.82, 2.24) is 4.98 Å². The van der Waals surface area contributed by atoms with Gasteiger partial charge in [0, 0.05) is 49.9 Å². The maximum atomic E-state index is 11.7. The van der Waals surface area contributed by atoms with E-state index in [0.29, 0.717) is 0 Å². The van der Waals surface area contributed by atoms with Gasteiger partial charge in [-0.25, -0.2) is 0 Å². The number of ketones is 1. The van der Waals surface area contributed by atoms with E-state index in [0.717, 1.165) is 42.3 Å². The molecule has 1 aromatic heterocycles. The second kappa shape index (κ2) is 15.7. The normalized spacial score (nSPS) is 15.2. The van der Waals surface area contributed by atoms with Crippen molar-refractivity contribution in [2.45, 2.75) is 125 Å². The molecule has 4 aromatic carbocycles. The second-order valence-electron chi connectivity index (χ2n) is 16.7. The molecule has 1 radical (unpaired) electrons. The van der Waals surface area contributed by atoms with Gasteiger partial charge in [-0.1, -0.05) is 130 Å². The number of fused-ring (bicyclic) bond motifs is 6. The fourth-order valence-corrected chi connectivity index (χ4v) is 8.62. The predicted molar refractivity (Wildman–Crippen MR) is 214 cm³/mol. The summed E-state index contributed by atoms with van der Waals surface area (Å²) in [6.45, 7) is 24.5. The number of hydrogen-bond acceptors (Lipinski definition) is 3. The Bertz CT molecular complexity index is 2050. The van der Waals surface area contributed by atoms with Gasteiger partial charge in [0.2, 0.25) is 0 Å². The maximum absolute atomic E-state index is 11.7. The van der Waals surface area contributed by atoms with E-state index in [-0.39, 0.29) is 59.7 Å². The van der Waals surface area contributed by atoms with Crippen molar-refractivity contribution in [2.24, 2.45) is 11.8 Å². The van der Waals surface area contributed by atoms with Crippen LogP contribution < -0.4 is 0 Å². The van der Waals surface area contributed by atoms with Gasteiger partial charge in [-0.3, -0.25) is 9.78 Å². The number of aliphatic hydroxyl groups is 1. The zero-order chi connectivity index (χ0) is 36.6. The molecule has 1 heterocycles. The van der Waals surface area contributed by atoms with E-state index in [2.05, 4.69) is 115 Å². The van der Waals surface area contributed by atoms with E-state index in [9.17, 15) is 9.90 Å². The Morgan fingerprint density at radius 3 is 2.02 bits per heavy atom. The molecule has 6 rings (SSSR count). The van der Waals surface area contributed by atoms with Gasteiger partial charge in [-0.05, 0) is 87.1 Å². The van der Waals surface area contributed by atoms with E-state index in [1.165, 1.54) is 56.1 Å². The van der Waals surface area contributed by atoms with Crippen LogP contribution in [-0.4, -0.2) is 15.9 Å². The summed E-state index contributed by atoms with van der Waals surface area (Å²) in [7, 11) is 0. The van der Waals surface area contributed by atoms with Crippen molar-refractivity contribution in [2.75, 3.05) is 0 Å².